The molecule has 0 heterocycles. The second-order valence-electron chi connectivity index (χ2n) is 4.52. The Labute approximate surface area is 127 Å². The predicted molar refractivity (Wildman–Crippen MR) is 83.5 cm³/mol. The summed E-state index contributed by atoms with van der Waals surface area (Å²) in [5.74, 6) is 0. The number of benzene rings is 2. The van der Waals surface area contributed by atoms with Crippen LogP contribution >= 0.6 is 15.9 Å². The van der Waals surface area contributed by atoms with Gasteiger partial charge in [-0.05, 0) is 30.2 Å². The van der Waals surface area contributed by atoms with Gasteiger partial charge in [-0.2, -0.15) is 5.26 Å². The van der Waals surface area contributed by atoms with Gasteiger partial charge in [-0.15, -0.1) is 0 Å². The summed E-state index contributed by atoms with van der Waals surface area (Å²) in [7, 11) is 0. The third-order valence-corrected chi connectivity index (χ3v) is 3.50. The molecule has 2 aromatic rings. The third kappa shape index (κ3) is 3.83. The highest BCUT2D eigenvalue weighted by atomic mass is 79.9. The van der Waals surface area contributed by atoms with E-state index in [1.165, 1.54) is 0 Å². The highest BCUT2D eigenvalue weighted by Crippen LogP contribution is 2.22. The Morgan fingerprint density at radius 3 is 2.60 bits per heavy atom. The van der Waals surface area contributed by atoms with Gasteiger partial charge in [0.15, 0.2) is 0 Å². The van der Waals surface area contributed by atoms with Crippen molar-refractivity contribution in [2.45, 2.75) is 12.5 Å². The van der Waals surface area contributed by atoms with E-state index in [2.05, 4.69) is 27.3 Å². The Morgan fingerprint density at radius 1 is 1.20 bits per heavy atom. The number of rotatable bonds is 5. The van der Waals surface area contributed by atoms with E-state index >= 15 is 0 Å². The second kappa shape index (κ2) is 7.09. The lowest BCUT2D eigenvalue weighted by molar-refractivity contribution is 0.273. The summed E-state index contributed by atoms with van der Waals surface area (Å²) >= 11 is 3.39. The molecule has 1 atom stereocenters. The lowest BCUT2D eigenvalue weighted by Crippen LogP contribution is -2.26. The minimum atomic E-state index is -0.126. The molecule has 3 nitrogen and oxygen atoms in total. The zero-order valence-electron chi connectivity index (χ0n) is 10.9. The molecule has 0 saturated heterocycles. The average Bonchev–Trinajstić information content (AvgIpc) is 2.48. The Kier molecular flexibility index (Phi) is 5.16. The van der Waals surface area contributed by atoms with Gasteiger partial charge in [0.2, 0.25) is 0 Å². The maximum Gasteiger partial charge on any atom is 0.101 e. The molecule has 0 radical (unpaired) electrons. The maximum atomic E-state index is 9.52. The number of hydrogen-bond donors (Lipinski definition) is 2. The van der Waals surface area contributed by atoms with Crippen LogP contribution in [0, 0.1) is 11.3 Å². The van der Waals surface area contributed by atoms with Gasteiger partial charge in [0.05, 0.1) is 23.9 Å². The smallest absolute Gasteiger partial charge is 0.101 e. The van der Waals surface area contributed by atoms with E-state index in [0.717, 1.165) is 15.7 Å². The Morgan fingerprint density at radius 2 is 1.95 bits per heavy atom. The van der Waals surface area contributed by atoms with Gasteiger partial charge in [-0.25, -0.2) is 0 Å². The van der Waals surface area contributed by atoms with Crippen LogP contribution in [0.1, 0.15) is 11.1 Å². The molecule has 2 N–H and O–H groups in total. The molecule has 0 spiro atoms. The van der Waals surface area contributed by atoms with Gasteiger partial charge in [-0.1, -0.05) is 46.3 Å². The highest BCUT2D eigenvalue weighted by molar-refractivity contribution is 9.10. The van der Waals surface area contributed by atoms with Gasteiger partial charge in [0.1, 0.15) is 6.07 Å². The predicted octanol–water partition coefficient (Wildman–Crippen LogP) is 3.34. The van der Waals surface area contributed by atoms with Crippen LogP contribution in [0.15, 0.2) is 53.0 Å². The minimum absolute atomic E-state index is 0.00623. The Hall–Kier alpha value is -1.83. The van der Waals surface area contributed by atoms with Gasteiger partial charge in [0, 0.05) is 4.47 Å². The monoisotopic (exact) mass is 330 g/mol. The summed E-state index contributed by atoms with van der Waals surface area (Å²) in [5, 5.41) is 21.9. The lowest BCUT2D eigenvalue weighted by atomic mass is 10.1. The molecule has 0 aromatic heterocycles. The number of nitrogens with zero attached hydrogens (tertiary/aromatic N) is 1. The quantitative estimate of drug-likeness (QED) is 0.884. The second-order valence-corrected chi connectivity index (χ2v) is 5.43. The summed E-state index contributed by atoms with van der Waals surface area (Å²) in [4.78, 5) is 0. The van der Waals surface area contributed by atoms with Gasteiger partial charge in [-0.3, -0.25) is 0 Å². The van der Waals surface area contributed by atoms with E-state index < -0.39 is 0 Å². The van der Waals surface area contributed by atoms with Crippen LogP contribution in [0.4, 0.5) is 5.69 Å². The van der Waals surface area contributed by atoms with Crippen LogP contribution in [0.3, 0.4) is 0 Å². The summed E-state index contributed by atoms with van der Waals surface area (Å²) in [6.45, 7) is 0.00623. The molecule has 2 aromatic carbocycles. The zero-order chi connectivity index (χ0) is 14.4. The molecule has 0 aliphatic heterocycles. The number of nitriles is 1. The molecule has 20 heavy (non-hydrogen) atoms. The molecule has 0 aliphatic rings. The SMILES string of the molecule is N#Cc1ccc(Br)cc1NC(CO)Cc1ccccc1. The largest absolute Gasteiger partial charge is 0.394 e. The van der Waals surface area contributed by atoms with E-state index in [4.69, 9.17) is 5.26 Å². The first-order valence-corrected chi connectivity index (χ1v) is 7.13. The van der Waals surface area contributed by atoms with E-state index in [9.17, 15) is 5.11 Å². The van der Waals surface area contributed by atoms with Gasteiger partial charge in [0.25, 0.3) is 0 Å². The Balaban J connectivity index is 2.14. The van der Waals surface area contributed by atoms with Crippen LogP contribution < -0.4 is 5.32 Å². The first-order valence-electron chi connectivity index (χ1n) is 6.34. The lowest BCUT2D eigenvalue weighted by Gasteiger charge is -2.18. The molecule has 102 valence electrons. The van der Waals surface area contributed by atoms with Crippen molar-refractivity contribution >= 4 is 21.6 Å². The third-order valence-electron chi connectivity index (χ3n) is 3.01. The van der Waals surface area contributed by atoms with Crippen molar-refractivity contribution < 1.29 is 5.11 Å². The maximum absolute atomic E-state index is 9.52. The van der Waals surface area contributed by atoms with E-state index in [1.54, 1.807) is 6.07 Å². The molecule has 0 fully saturated rings. The van der Waals surface area contributed by atoms with Gasteiger partial charge >= 0.3 is 0 Å². The summed E-state index contributed by atoms with van der Waals surface area (Å²) in [6.07, 6.45) is 0.703. The first-order chi connectivity index (χ1) is 9.72. The summed E-state index contributed by atoms with van der Waals surface area (Å²) in [6, 6.07) is 17.4. The first kappa shape index (κ1) is 14.6. The minimum Gasteiger partial charge on any atom is -0.394 e. The van der Waals surface area contributed by atoms with Crippen LogP contribution in [0.2, 0.25) is 0 Å². The normalized spacial score (nSPS) is 11.7. The van der Waals surface area contributed by atoms with Crippen molar-refractivity contribution in [2.75, 3.05) is 11.9 Å². The number of halogens is 1. The summed E-state index contributed by atoms with van der Waals surface area (Å²) in [5.41, 5.74) is 2.45. The van der Waals surface area contributed by atoms with E-state index in [-0.39, 0.29) is 12.6 Å². The number of anilines is 1. The fourth-order valence-electron chi connectivity index (χ4n) is 2.01. The molecular weight excluding hydrogens is 316 g/mol. The number of nitrogens with one attached hydrogen (secondary N) is 1. The van der Waals surface area contributed by atoms with Crippen LogP contribution in [0.5, 0.6) is 0 Å². The molecule has 0 bridgehead atoms. The molecule has 1 unspecified atom stereocenters. The molecule has 2 rings (SSSR count). The van der Waals surface area contributed by atoms with Crippen molar-refractivity contribution in [3.63, 3.8) is 0 Å². The van der Waals surface area contributed by atoms with Crippen LogP contribution in [-0.4, -0.2) is 17.8 Å². The Bertz CT molecular complexity index is 608. The number of aliphatic hydroxyl groups excluding tert-OH is 1. The van der Waals surface area contributed by atoms with Crippen molar-refractivity contribution in [1.82, 2.24) is 0 Å². The van der Waals surface area contributed by atoms with E-state index in [1.807, 2.05) is 42.5 Å². The van der Waals surface area contributed by atoms with E-state index in [0.29, 0.717) is 12.0 Å². The van der Waals surface area contributed by atoms with Crippen LogP contribution in [-0.2, 0) is 6.42 Å². The van der Waals surface area contributed by atoms with Crippen LogP contribution in [0.25, 0.3) is 0 Å². The summed E-state index contributed by atoms with van der Waals surface area (Å²) < 4.78 is 0.899. The van der Waals surface area contributed by atoms with Gasteiger partial charge < -0.3 is 10.4 Å². The molecule has 0 saturated carbocycles. The fraction of sp³-hybridized carbons (Fsp3) is 0.188. The standard InChI is InChI=1S/C16H15BrN2O/c17-14-7-6-13(10-18)16(9-14)19-15(11-20)8-12-4-2-1-3-5-12/h1-7,9,15,19-20H,8,11H2. The number of hydrogen-bond acceptors (Lipinski definition) is 3. The average molecular weight is 331 g/mol. The zero-order valence-corrected chi connectivity index (χ0v) is 12.5. The molecule has 0 amide bonds. The molecule has 4 heteroatoms. The number of aliphatic hydroxyl groups is 1. The highest BCUT2D eigenvalue weighted by Gasteiger charge is 2.11. The topological polar surface area (TPSA) is 56.0 Å². The van der Waals surface area contributed by atoms with Crippen molar-refractivity contribution in [2.24, 2.45) is 0 Å². The van der Waals surface area contributed by atoms with Crippen molar-refractivity contribution in [3.8, 4) is 6.07 Å². The van der Waals surface area contributed by atoms with Crippen molar-refractivity contribution in [1.29, 1.82) is 5.26 Å². The van der Waals surface area contributed by atoms with Crippen molar-refractivity contribution in [3.05, 3.63) is 64.1 Å². The molecular formula is C16H15BrN2O. The molecule has 0 aliphatic carbocycles. The fourth-order valence-corrected chi connectivity index (χ4v) is 2.37.